The lowest BCUT2D eigenvalue weighted by atomic mass is 10.1. The molecule has 2 saturated heterocycles. The summed E-state index contributed by atoms with van der Waals surface area (Å²) in [5.41, 5.74) is -1.17. The van der Waals surface area contributed by atoms with E-state index in [1.54, 1.807) is 39.1 Å². The Kier molecular flexibility index (Phi) is 10.5. The number of ether oxygens (including phenoxy) is 2. The van der Waals surface area contributed by atoms with Crippen LogP contribution < -0.4 is 20.6 Å². The molecule has 1 aromatic heterocycles. The first-order valence-corrected chi connectivity index (χ1v) is 15.5. The van der Waals surface area contributed by atoms with Crippen LogP contribution in [0.1, 0.15) is 39.8 Å². The fourth-order valence-electron chi connectivity index (χ4n) is 4.72. The van der Waals surface area contributed by atoms with Gasteiger partial charge < -0.3 is 24.4 Å². The number of aliphatic hydroxyl groups excluding tert-OH is 1. The molecule has 3 heterocycles. The number of aromatic nitrogens is 2. The van der Waals surface area contributed by atoms with Crippen molar-refractivity contribution >= 4 is 25.4 Å². The second-order valence-corrected chi connectivity index (χ2v) is 12.5. The third kappa shape index (κ3) is 7.86. The number of nitrogens with zero attached hydrogens (tertiary/aromatic N) is 3. The van der Waals surface area contributed by atoms with E-state index in [2.05, 4.69) is 15.4 Å². The van der Waals surface area contributed by atoms with Gasteiger partial charge in [-0.15, -0.1) is 0 Å². The number of aliphatic hydroxyl groups is 1. The van der Waals surface area contributed by atoms with Gasteiger partial charge in [-0.1, -0.05) is 18.2 Å². The summed E-state index contributed by atoms with van der Waals surface area (Å²) in [5, 5.41) is 15.4. The minimum absolute atomic E-state index is 0.0771. The molecule has 0 aliphatic carbocycles. The number of likely N-dealkylation sites (N-methyl/N-ethyl adjacent to an activating group) is 1. The molecule has 0 radical (unpaired) electrons. The highest BCUT2D eigenvalue weighted by molar-refractivity contribution is 7.52. The Bertz CT molecular complexity index is 1430. The molecule has 0 saturated carbocycles. The molecule has 2 aromatic rings. The van der Waals surface area contributed by atoms with E-state index in [4.69, 9.17) is 18.5 Å². The van der Waals surface area contributed by atoms with Crippen LogP contribution in [0.25, 0.3) is 0 Å². The molecule has 4 rings (SSSR count). The standard InChI is InChI=1S/C27H36F2N5O9P/c1-16(2)41-24(37)17(3)32-44(39,43-18-9-6-5-7-10-18)40-15-20-22(35)27(28,29)25(42-20)34-14-12-21(31-26(34)38)30-23(36)19-11-8-13-33(19)4/h5-7,9-10,12,14,16-17,19-20,22,25,35H,8,11,13,15H2,1-4H3,(H,32,39)(H,30,31,36,38)/t17-,19-,20-,22-,25-,44?/m1/s1. The first-order valence-electron chi connectivity index (χ1n) is 14.0. The normalized spacial score (nSPS) is 25.4. The fourth-order valence-corrected chi connectivity index (χ4v) is 6.23. The van der Waals surface area contributed by atoms with Gasteiger partial charge in [0.25, 0.3) is 0 Å². The lowest BCUT2D eigenvalue weighted by Gasteiger charge is -2.25. The highest BCUT2D eigenvalue weighted by atomic mass is 31.2. The summed E-state index contributed by atoms with van der Waals surface area (Å²) in [7, 11) is -2.67. The lowest BCUT2D eigenvalue weighted by Crippen LogP contribution is -2.42. The lowest BCUT2D eigenvalue weighted by molar-refractivity contribution is -0.149. The summed E-state index contributed by atoms with van der Waals surface area (Å²) in [5.74, 6) is -5.22. The zero-order chi connectivity index (χ0) is 32.2. The Morgan fingerprint density at radius 1 is 1.23 bits per heavy atom. The van der Waals surface area contributed by atoms with Gasteiger partial charge in [0, 0.05) is 6.20 Å². The molecule has 17 heteroatoms. The Labute approximate surface area is 252 Å². The molecule has 1 unspecified atom stereocenters. The number of carbonyl (C=O) groups is 2. The molecule has 44 heavy (non-hydrogen) atoms. The third-order valence-electron chi connectivity index (χ3n) is 6.97. The summed E-state index contributed by atoms with van der Waals surface area (Å²) in [6, 6.07) is 7.31. The van der Waals surface area contributed by atoms with Crippen LogP contribution in [0, 0.1) is 0 Å². The van der Waals surface area contributed by atoms with E-state index in [0.29, 0.717) is 11.0 Å². The molecule has 242 valence electrons. The van der Waals surface area contributed by atoms with Crippen molar-refractivity contribution in [2.24, 2.45) is 0 Å². The van der Waals surface area contributed by atoms with E-state index in [0.717, 1.165) is 25.2 Å². The third-order valence-corrected chi connectivity index (χ3v) is 8.61. The number of hydrogen-bond donors (Lipinski definition) is 3. The number of esters is 1. The number of carbonyl (C=O) groups excluding carboxylic acids is 2. The predicted octanol–water partition coefficient (Wildman–Crippen LogP) is 2.30. The van der Waals surface area contributed by atoms with E-state index in [1.807, 2.05) is 4.90 Å². The first-order chi connectivity index (χ1) is 20.7. The topological polar surface area (TPSA) is 171 Å². The second-order valence-electron chi connectivity index (χ2n) is 10.8. The number of nitrogens with one attached hydrogen (secondary N) is 2. The summed E-state index contributed by atoms with van der Waals surface area (Å²) >= 11 is 0. The maximum atomic E-state index is 15.2. The van der Waals surface area contributed by atoms with Crippen LogP contribution in [0.3, 0.4) is 0 Å². The molecular formula is C27H36F2N5O9P. The fraction of sp³-hybridized carbons (Fsp3) is 0.556. The number of hydrogen-bond acceptors (Lipinski definition) is 11. The zero-order valence-electron chi connectivity index (χ0n) is 24.6. The Morgan fingerprint density at radius 2 is 1.93 bits per heavy atom. The minimum atomic E-state index is -4.46. The molecule has 1 amide bonds. The predicted molar refractivity (Wildman–Crippen MR) is 152 cm³/mol. The number of rotatable bonds is 12. The number of para-hydroxylation sites is 1. The average Bonchev–Trinajstić information content (AvgIpc) is 3.48. The SMILES string of the molecule is CC(C)OC(=O)[C@@H](C)NP(=O)(OC[C@H]1O[C@@H](n2ccc(NC(=O)[C@H]3CCCN3C)nc2=O)C(F)(F)[C@@H]1O)Oc1ccccc1. The van der Waals surface area contributed by atoms with Gasteiger partial charge in [-0.2, -0.15) is 18.9 Å². The van der Waals surface area contributed by atoms with Crippen molar-refractivity contribution in [3.05, 3.63) is 53.1 Å². The van der Waals surface area contributed by atoms with Crippen LogP contribution in [-0.4, -0.2) is 88.0 Å². The molecule has 2 fully saturated rings. The summed E-state index contributed by atoms with van der Waals surface area (Å²) < 4.78 is 65.9. The van der Waals surface area contributed by atoms with E-state index >= 15 is 8.78 Å². The molecule has 1 aromatic carbocycles. The van der Waals surface area contributed by atoms with Crippen LogP contribution in [-0.2, 0) is 28.2 Å². The molecule has 14 nitrogen and oxygen atoms in total. The van der Waals surface area contributed by atoms with Gasteiger partial charge in [-0.25, -0.2) is 9.36 Å². The van der Waals surface area contributed by atoms with Crippen molar-refractivity contribution in [2.45, 2.75) is 76.2 Å². The number of anilines is 1. The quantitative estimate of drug-likeness (QED) is 0.228. The van der Waals surface area contributed by atoms with Crippen LogP contribution in [0.2, 0.25) is 0 Å². The van der Waals surface area contributed by atoms with E-state index in [9.17, 15) is 24.1 Å². The van der Waals surface area contributed by atoms with Crippen molar-refractivity contribution in [3.63, 3.8) is 0 Å². The van der Waals surface area contributed by atoms with Gasteiger partial charge in [0.2, 0.25) is 12.1 Å². The first kappa shape index (κ1) is 33.6. The number of halogens is 2. The van der Waals surface area contributed by atoms with Crippen molar-refractivity contribution < 1.29 is 46.6 Å². The molecule has 3 N–H and O–H groups in total. The zero-order valence-corrected chi connectivity index (χ0v) is 25.5. The van der Waals surface area contributed by atoms with Crippen molar-refractivity contribution in [2.75, 3.05) is 25.5 Å². The van der Waals surface area contributed by atoms with Gasteiger partial charge in [0.05, 0.1) is 18.8 Å². The number of likely N-dealkylation sites (tertiary alicyclic amines) is 1. The molecule has 6 atom stereocenters. The maximum Gasteiger partial charge on any atom is 0.459 e. The molecule has 0 bridgehead atoms. The molecule has 2 aliphatic rings. The summed E-state index contributed by atoms with van der Waals surface area (Å²) in [6.07, 6.45) is -4.64. The Morgan fingerprint density at radius 3 is 2.55 bits per heavy atom. The summed E-state index contributed by atoms with van der Waals surface area (Å²) in [4.78, 5) is 43.1. The monoisotopic (exact) mass is 643 g/mol. The Balaban J connectivity index is 1.47. The average molecular weight is 644 g/mol. The molecule has 0 spiro atoms. The van der Waals surface area contributed by atoms with Crippen LogP contribution >= 0.6 is 7.75 Å². The van der Waals surface area contributed by atoms with Gasteiger partial charge in [0.15, 0.2) is 6.10 Å². The van der Waals surface area contributed by atoms with Crippen LogP contribution in [0.5, 0.6) is 5.75 Å². The smallest absolute Gasteiger partial charge is 0.459 e. The largest absolute Gasteiger partial charge is 0.462 e. The van der Waals surface area contributed by atoms with Gasteiger partial charge >= 0.3 is 25.3 Å². The van der Waals surface area contributed by atoms with Crippen LogP contribution in [0.4, 0.5) is 14.6 Å². The van der Waals surface area contributed by atoms with Gasteiger partial charge in [-0.3, -0.25) is 23.6 Å². The Hall–Kier alpha value is -3.27. The molecular weight excluding hydrogens is 607 g/mol. The highest BCUT2D eigenvalue weighted by Crippen LogP contribution is 2.48. The number of benzene rings is 1. The van der Waals surface area contributed by atoms with E-state index in [-0.39, 0.29) is 17.5 Å². The maximum absolute atomic E-state index is 15.2. The van der Waals surface area contributed by atoms with Crippen LogP contribution in [0.15, 0.2) is 47.4 Å². The second kappa shape index (κ2) is 13.8. The molecule has 2 aliphatic heterocycles. The van der Waals surface area contributed by atoms with Crippen molar-refractivity contribution in [1.29, 1.82) is 0 Å². The summed E-state index contributed by atoms with van der Waals surface area (Å²) in [6.45, 7) is 4.44. The van der Waals surface area contributed by atoms with Crippen molar-refractivity contribution in [1.82, 2.24) is 19.5 Å². The minimum Gasteiger partial charge on any atom is -0.462 e. The van der Waals surface area contributed by atoms with E-state index in [1.165, 1.54) is 19.1 Å². The highest BCUT2D eigenvalue weighted by Gasteiger charge is 2.60. The van der Waals surface area contributed by atoms with E-state index < -0.39 is 68.6 Å². The number of alkyl halides is 2. The number of amides is 1. The van der Waals surface area contributed by atoms with Gasteiger partial charge in [-0.05, 0) is 65.4 Å². The van der Waals surface area contributed by atoms with Crippen molar-refractivity contribution in [3.8, 4) is 5.75 Å². The van der Waals surface area contributed by atoms with Gasteiger partial charge in [0.1, 0.15) is 23.7 Å².